The monoisotopic (exact) mass is 323 g/mol. The topological polar surface area (TPSA) is 81.1 Å². The van der Waals surface area contributed by atoms with Crippen LogP contribution < -0.4 is 11.1 Å². The number of nitrogens with zero attached hydrogens (tertiary/aromatic N) is 1. The Bertz CT molecular complexity index is 513. The molecule has 0 bridgehead atoms. The lowest BCUT2D eigenvalue weighted by Gasteiger charge is -2.12. The summed E-state index contributed by atoms with van der Waals surface area (Å²) >= 11 is 1.73. The van der Waals surface area contributed by atoms with Gasteiger partial charge in [-0.05, 0) is 50.5 Å². The van der Waals surface area contributed by atoms with E-state index < -0.39 is 0 Å². The molecule has 5 nitrogen and oxygen atoms in total. The number of thioether (sulfide) groups is 1. The van der Waals surface area contributed by atoms with E-state index in [4.69, 9.17) is 10.2 Å². The van der Waals surface area contributed by atoms with Gasteiger partial charge in [0.15, 0.2) is 5.69 Å². The minimum Gasteiger partial charge on any atom is -0.446 e. The standard InChI is InChI=1S/C16H25N3O2S/c1-22-10-8-13(17)16-19-14(11-21-16)15(20)18-9-7-12-5-3-2-4-6-12/h5,11,13H,2-4,6-10,17H2,1H3,(H,18,20). The molecule has 0 aliphatic heterocycles. The van der Waals surface area contributed by atoms with Crippen molar-refractivity contribution in [3.63, 3.8) is 0 Å². The van der Waals surface area contributed by atoms with Crippen LogP contribution in [0.1, 0.15) is 60.9 Å². The first-order valence-electron chi connectivity index (χ1n) is 7.86. The van der Waals surface area contributed by atoms with Crippen molar-refractivity contribution >= 4 is 17.7 Å². The summed E-state index contributed by atoms with van der Waals surface area (Å²) in [5.41, 5.74) is 7.75. The van der Waals surface area contributed by atoms with Crippen molar-refractivity contribution in [2.45, 2.75) is 44.6 Å². The van der Waals surface area contributed by atoms with Crippen LogP contribution in [0.3, 0.4) is 0 Å². The van der Waals surface area contributed by atoms with E-state index in [2.05, 4.69) is 16.4 Å². The van der Waals surface area contributed by atoms with Gasteiger partial charge in [-0.25, -0.2) is 4.98 Å². The molecule has 0 aromatic carbocycles. The van der Waals surface area contributed by atoms with Crippen LogP contribution in [0.2, 0.25) is 0 Å². The molecule has 1 amide bonds. The number of carbonyl (C=O) groups is 1. The highest BCUT2D eigenvalue weighted by molar-refractivity contribution is 7.98. The van der Waals surface area contributed by atoms with Crippen LogP contribution in [-0.2, 0) is 0 Å². The van der Waals surface area contributed by atoms with Gasteiger partial charge in [-0.1, -0.05) is 11.6 Å². The zero-order valence-electron chi connectivity index (χ0n) is 13.1. The molecule has 1 aromatic rings. The molecule has 2 rings (SSSR count). The third kappa shape index (κ3) is 5.18. The molecule has 3 N–H and O–H groups in total. The summed E-state index contributed by atoms with van der Waals surface area (Å²) in [6, 6.07) is -0.249. The van der Waals surface area contributed by atoms with Gasteiger partial charge >= 0.3 is 0 Å². The maximum Gasteiger partial charge on any atom is 0.273 e. The van der Waals surface area contributed by atoms with Gasteiger partial charge in [-0.2, -0.15) is 11.8 Å². The van der Waals surface area contributed by atoms with Crippen LogP contribution in [0, 0.1) is 0 Å². The molecule has 22 heavy (non-hydrogen) atoms. The molecule has 6 heteroatoms. The number of carbonyl (C=O) groups excluding carboxylic acids is 1. The van der Waals surface area contributed by atoms with Crippen molar-refractivity contribution in [2.75, 3.05) is 18.6 Å². The summed E-state index contributed by atoms with van der Waals surface area (Å²) in [6.07, 6.45) is 12.3. The van der Waals surface area contributed by atoms with Crippen LogP contribution in [0.5, 0.6) is 0 Å². The lowest BCUT2D eigenvalue weighted by atomic mass is 9.97. The van der Waals surface area contributed by atoms with E-state index in [9.17, 15) is 4.79 Å². The first-order chi connectivity index (χ1) is 10.7. The predicted octanol–water partition coefficient (Wildman–Crippen LogP) is 3.05. The molecule has 1 atom stereocenters. The second kappa shape index (κ2) is 9.00. The average molecular weight is 323 g/mol. The molecule has 0 saturated carbocycles. The highest BCUT2D eigenvalue weighted by Crippen LogP contribution is 2.19. The number of rotatable bonds is 8. The highest BCUT2D eigenvalue weighted by Gasteiger charge is 2.16. The normalized spacial score (nSPS) is 16.2. The van der Waals surface area contributed by atoms with E-state index in [0.717, 1.165) is 25.0 Å². The number of hydrogen-bond acceptors (Lipinski definition) is 5. The van der Waals surface area contributed by atoms with Gasteiger partial charge < -0.3 is 15.5 Å². The number of nitrogens with two attached hydrogens (primary N) is 1. The van der Waals surface area contributed by atoms with Crippen molar-refractivity contribution in [1.29, 1.82) is 0 Å². The molecule has 1 heterocycles. The van der Waals surface area contributed by atoms with Gasteiger partial charge in [0.2, 0.25) is 5.89 Å². The maximum absolute atomic E-state index is 12.0. The SMILES string of the molecule is CSCCC(N)c1nc(C(=O)NCCC2=CCCCC2)co1. The van der Waals surface area contributed by atoms with Crippen LogP contribution in [-0.4, -0.2) is 29.4 Å². The fourth-order valence-electron chi connectivity index (χ4n) is 2.49. The van der Waals surface area contributed by atoms with E-state index >= 15 is 0 Å². The van der Waals surface area contributed by atoms with Crippen molar-refractivity contribution in [2.24, 2.45) is 5.73 Å². The lowest BCUT2D eigenvalue weighted by molar-refractivity contribution is 0.0949. The fourth-order valence-corrected chi connectivity index (χ4v) is 2.98. The fraction of sp³-hybridized carbons (Fsp3) is 0.625. The van der Waals surface area contributed by atoms with Gasteiger partial charge in [0, 0.05) is 6.54 Å². The average Bonchev–Trinajstić information content (AvgIpc) is 3.03. The Morgan fingerprint density at radius 1 is 1.55 bits per heavy atom. The molecule has 1 unspecified atom stereocenters. The second-order valence-electron chi connectivity index (χ2n) is 5.57. The van der Waals surface area contributed by atoms with E-state index in [1.54, 1.807) is 11.8 Å². The largest absolute Gasteiger partial charge is 0.446 e. The van der Waals surface area contributed by atoms with E-state index in [1.165, 1.54) is 31.1 Å². The van der Waals surface area contributed by atoms with Gasteiger partial charge in [-0.3, -0.25) is 4.79 Å². The van der Waals surface area contributed by atoms with Crippen molar-refractivity contribution < 1.29 is 9.21 Å². The zero-order valence-corrected chi connectivity index (χ0v) is 14.0. The molecular weight excluding hydrogens is 298 g/mol. The minimum absolute atomic E-state index is 0.191. The van der Waals surface area contributed by atoms with Gasteiger partial charge in [0.05, 0.1) is 6.04 Å². The Labute approximate surface area is 136 Å². The Hall–Kier alpha value is -1.27. The summed E-state index contributed by atoms with van der Waals surface area (Å²) in [7, 11) is 0. The molecule has 0 radical (unpaired) electrons. The van der Waals surface area contributed by atoms with Crippen molar-refractivity contribution in [1.82, 2.24) is 10.3 Å². The lowest BCUT2D eigenvalue weighted by Crippen LogP contribution is -2.25. The van der Waals surface area contributed by atoms with Crippen LogP contribution in [0.25, 0.3) is 0 Å². The van der Waals surface area contributed by atoms with Crippen LogP contribution >= 0.6 is 11.8 Å². The molecule has 1 aliphatic carbocycles. The van der Waals surface area contributed by atoms with E-state index in [1.807, 2.05) is 6.26 Å². The predicted molar refractivity (Wildman–Crippen MR) is 89.9 cm³/mol. The Morgan fingerprint density at radius 3 is 3.14 bits per heavy atom. The number of nitrogens with one attached hydrogen (secondary N) is 1. The summed E-state index contributed by atoms with van der Waals surface area (Å²) in [6.45, 7) is 0.644. The minimum atomic E-state index is -0.249. The van der Waals surface area contributed by atoms with E-state index in [0.29, 0.717) is 18.1 Å². The molecule has 122 valence electrons. The Balaban J connectivity index is 1.77. The van der Waals surface area contributed by atoms with Crippen molar-refractivity contribution in [3.05, 3.63) is 29.5 Å². The van der Waals surface area contributed by atoms with E-state index in [-0.39, 0.29) is 11.9 Å². The quantitative estimate of drug-likeness (QED) is 0.719. The Morgan fingerprint density at radius 2 is 2.41 bits per heavy atom. The highest BCUT2D eigenvalue weighted by atomic mass is 32.2. The number of oxazole rings is 1. The summed E-state index contributed by atoms with van der Waals surface area (Å²) < 4.78 is 5.32. The maximum atomic E-state index is 12.0. The van der Waals surface area contributed by atoms with Crippen molar-refractivity contribution in [3.8, 4) is 0 Å². The third-order valence-electron chi connectivity index (χ3n) is 3.82. The summed E-state index contributed by atoms with van der Waals surface area (Å²) in [5.74, 6) is 1.19. The summed E-state index contributed by atoms with van der Waals surface area (Å²) in [4.78, 5) is 16.2. The number of amides is 1. The summed E-state index contributed by atoms with van der Waals surface area (Å²) in [5, 5.41) is 2.89. The number of hydrogen-bond donors (Lipinski definition) is 2. The molecule has 1 aliphatic rings. The number of aromatic nitrogens is 1. The molecular formula is C16H25N3O2S. The number of allylic oxidation sites excluding steroid dienone is 1. The second-order valence-corrected chi connectivity index (χ2v) is 6.56. The smallest absolute Gasteiger partial charge is 0.273 e. The van der Waals surface area contributed by atoms with Gasteiger partial charge in [0.25, 0.3) is 5.91 Å². The third-order valence-corrected chi connectivity index (χ3v) is 4.47. The van der Waals surface area contributed by atoms with Gasteiger partial charge in [0.1, 0.15) is 6.26 Å². The molecule has 0 saturated heterocycles. The molecule has 0 spiro atoms. The van der Waals surface area contributed by atoms with Crippen LogP contribution in [0.15, 0.2) is 22.3 Å². The Kier molecular flexibility index (Phi) is 6.99. The first kappa shape index (κ1) is 17.1. The first-order valence-corrected chi connectivity index (χ1v) is 9.26. The van der Waals surface area contributed by atoms with Gasteiger partial charge in [-0.15, -0.1) is 0 Å². The molecule has 1 aromatic heterocycles. The molecule has 0 fully saturated rings. The zero-order chi connectivity index (χ0) is 15.8. The van der Waals surface area contributed by atoms with Crippen LogP contribution in [0.4, 0.5) is 0 Å².